The maximum Gasteiger partial charge on any atom is 0.328 e. The topological polar surface area (TPSA) is 99.2 Å². The summed E-state index contributed by atoms with van der Waals surface area (Å²) in [6, 6.07) is 4.54. The molecule has 0 saturated carbocycles. The van der Waals surface area contributed by atoms with Crippen molar-refractivity contribution >= 4 is 23.5 Å². The van der Waals surface area contributed by atoms with Crippen molar-refractivity contribution < 1.29 is 24.2 Å². The first kappa shape index (κ1) is 20.1. The van der Waals surface area contributed by atoms with Crippen LogP contribution in [-0.2, 0) is 4.79 Å². The number of ether oxygens (including phenoxy) is 1. The second-order valence-electron chi connectivity index (χ2n) is 7.24. The lowest BCUT2D eigenvalue weighted by Crippen LogP contribution is -2.49. The molecule has 2 N–H and O–H groups in total. The van der Waals surface area contributed by atoms with Gasteiger partial charge in [-0.1, -0.05) is 0 Å². The van der Waals surface area contributed by atoms with E-state index < -0.39 is 6.03 Å². The number of piperidine rings is 1. The van der Waals surface area contributed by atoms with Crippen LogP contribution < -0.4 is 15.0 Å². The number of imide groups is 1. The van der Waals surface area contributed by atoms with E-state index in [-0.39, 0.29) is 31.4 Å². The van der Waals surface area contributed by atoms with E-state index in [1.165, 1.54) is 12.0 Å². The zero-order chi connectivity index (χ0) is 20.1. The molecule has 3 rings (SSSR count). The molecule has 0 aromatic heterocycles. The first-order valence-electron chi connectivity index (χ1n) is 9.73. The summed E-state index contributed by atoms with van der Waals surface area (Å²) >= 11 is 0. The highest BCUT2D eigenvalue weighted by atomic mass is 16.5. The van der Waals surface area contributed by atoms with Gasteiger partial charge in [0, 0.05) is 38.2 Å². The second kappa shape index (κ2) is 9.05. The third kappa shape index (κ3) is 4.44. The molecule has 0 spiro atoms. The van der Waals surface area contributed by atoms with E-state index in [9.17, 15) is 14.4 Å². The molecule has 2 heterocycles. The molecule has 1 aromatic carbocycles. The number of benzene rings is 1. The Hall–Kier alpha value is -2.61. The minimum absolute atomic E-state index is 0.0713. The Bertz CT molecular complexity index is 743. The van der Waals surface area contributed by atoms with Crippen LogP contribution in [0.25, 0.3) is 0 Å². The van der Waals surface area contributed by atoms with Crippen LogP contribution >= 0.6 is 0 Å². The quantitative estimate of drug-likeness (QED) is 0.772. The molecule has 0 bridgehead atoms. The summed E-state index contributed by atoms with van der Waals surface area (Å²) in [6.07, 6.45) is 3.88. The van der Waals surface area contributed by atoms with Gasteiger partial charge in [-0.25, -0.2) is 4.79 Å². The van der Waals surface area contributed by atoms with Gasteiger partial charge in [-0.05, 0) is 49.8 Å². The molecule has 152 valence electrons. The second-order valence-corrected chi connectivity index (χ2v) is 7.24. The fourth-order valence-corrected chi connectivity index (χ4v) is 3.82. The van der Waals surface area contributed by atoms with Gasteiger partial charge in [0.1, 0.15) is 5.75 Å². The van der Waals surface area contributed by atoms with Gasteiger partial charge < -0.3 is 14.7 Å². The standard InChI is InChI=1S/C20H27N3O5/c1-28-17-5-4-15(13-16(17)23-11-8-18(25)21-20(23)27)19(26)22-9-6-14(7-10-22)3-2-12-24/h4-5,13-14,24H,2-3,6-12H2,1H3,(H,21,25,27). The highest BCUT2D eigenvalue weighted by Gasteiger charge is 2.29. The predicted octanol–water partition coefficient (Wildman–Crippen LogP) is 1.77. The van der Waals surface area contributed by atoms with Gasteiger partial charge in [-0.15, -0.1) is 0 Å². The average Bonchev–Trinajstić information content (AvgIpc) is 2.71. The van der Waals surface area contributed by atoms with Crippen LogP contribution in [0.1, 0.15) is 42.5 Å². The maximum absolute atomic E-state index is 13.0. The van der Waals surface area contributed by atoms with Crippen molar-refractivity contribution in [2.75, 3.05) is 38.3 Å². The molecule has 2 aliphatic rings. The first-order valence-corrected chi connectivity index (χ1v) is 9.73. The molecule has 28 heavy (non-hydrogen) atoms. The lowest BCUT2D eigenvalue weighted by atomic mass is 9.92. The van der Waals surface area contributed by atoms with Gasteiger partial charge in [0.2, 0.25) is 5.91 Å². The van der Waals surface area contributed by atoms with Crippen LogP contribution in [0.3, 0.4) is 0 Å². The van der Waals surface area contributed by atoms with Crippen molar-refractivity contribution in [3.05, 3.63) is 23.8 Å². The van der Waals surface area contributed by atoms with E-state index in [4.69, 9.17) is 9.84 Å². The lowest BCUT2D eigenvalue weighted by Gasteiger charge is -2.32. The Morgan fingerprint density at radius 3 is 2.64 bits per heavy atom. The summed E-state index contributed by atoms with van der Waals surface area (Å²) in [7, 11) is 1.50. The molecule has 4 amide bonds. The summed E-state index contributed by atoms with van der Waals surface area (Å²) in [4.78, 5) is 39.8. The predicted molar refractivity (Wildman–Crippen MR) is 103 cm³/mol. The number of anilines is 1. The molecule has 0 radical (unpaired) electrons. The van der Waals surface area contributed by atoms with Crippen molar-refractivity contribution in [3.8, 4) is 5.75 Å². The summed E-state index contributed by atoms with van der Waals surface area (Å²) in [5.41, 5.74) is 0.977. The van der Waals surface area contributed by atoms with Gasteiger partial charge >= 0.3 is 6.03 Å². The lowest BCUT2D eigenvalue weighted by molar-refractivity contribution is -0.120. The van der Waals surface area contributed by atoms with E-state index in [0.717, 1.165) is 25.7 Å². The normalized spacial score (nSPS) is 18.2. The van der Waals surface area contributed by atoms with Crippen LogP contribution in [0.5, 0.6) is 5.75 Å². The number of amides is 4. The Labute approximate surface area is 164 Å². The van der Waals surface area contributed by atoms with E-state index in [1.54, 1.807) is 18.2 Å². The number of nitrogens with one attached hydrogen (secondary N) is 1. The molecule has 2 saturated heterocycles. The Morgan fingerprint density at radius 2 is 2.00 bits per heavy atom. The summed E-state index contributed by atoms with van der Waals surface area (Å²) in [5.74, 6) is 0.649. The molecule has 8 heteroatoms. The number of likely N-dealkylation sites (tertiary alicyclic amines) is 1. The third-order valence-corrected chi connectivity index (χ3v) is 5.44. The molecular weight excluding hydrogens is 362 g/mol. The number of hydrogen-bond acceptors (Lipinski definition) is 5. The molecule has 2 fully saturated rings. The number of urea groups is 1. The third-order valence-electron chi connectivity index (χ3n) is 5.44. The molecular formula is C20H27N3O5. The monoisotopic (exact) mass is 389 g/mol. The Kier molecular flexibility index (Phi) is 6.51. The van der Waals surface area contributed by atoms with Gasteiger partial charge in [0.15, 0.2) is 0 Å². The fraction of sp³-hybridized carbons (Fsp3) is 0.550. The summed E-state index contributed by atoms with van der Waals surface area (Å²) < 4.78 is 5.35. The number of carbonyl (C=O) groups is 3. The maximum atomic E-state index is 13.0. The van der Waals surface area contributed by atoms with E-state index in [1.807, 2.05) is 4.90 Å². The van der Waals surface area contributed by atoms with E-state index >= 15 is 0 Å². The molecule has 0 unspecified atom stereocenters. The Balaban J connectivity index is 1.73. The fourth-order valence-electron chi connectivity index (χ4n) is 3.82. The average molecular weight is 389 g/mol. The van der Waals surface area contributed by atoms with Crippen molar-refractivity contribution in [2.24, 2.45) is 5.92 Å². The summed E-state index contributed by atoms with van der Waals surface area (Å²) in [5, 5.41) is 11.3. The van der Waals surface area contributed by atoms with Crippen molar-refractivity contribution in [1.29, 1.82) is 0 Å². The van der Waals surface area contributed by atoms with Crippen LogP contribution in [0.2, 0.25) is 0 Å². The van der Waals surface area contributed by atoms with Gasteiger partial charge in [0.05, 0.1) is 12.8 Å². The molecule has 0 atom stereocenters. The van der Waals surface area contributed by atoms with Crippen LogP contribution in [0.4, 0.5) is 10.5 Å². The van der Waals surface area contributed by atoms with E-state index in [2.05, 4.69) is 5.32 Å². The number of aliphatic hydroxyl groups excluding tert-OH is 1. The number of aliphatic hydroxyl groups is 1. The van der Waals surface area contributed by atoms with Crippen molar-refractivity contribution in [1.82, 2.24) is 10.2 Å². The molecule has 1 aromatic rings. The largest absolute Gasteiger partial charge is 0.495 e. The summed E-state index contributed by atoms with van der Waals surface area (Å²) in [6.45, 7) is 1.84. The van der Waals surface area contributed by atoms with Crippen LogP contribution in [0.15, 0.2) is 18.2 Å². The van der Waals surface area contributed by atoms with Gasteiger partial charge in [-0.3, -0.25) is 19.8 Å². The Morgan fingerprint density at radius 1 is 1.25 bits per heavy atom. The minimum atomic E-state index is -0.510. The van der Waals surface area contributed by atoms with E-state index in [0.29, 0.717) is 36.0 Å². The molecule has 8 nitrogen and oxygen atoms in total. The van der Waals surface area contributed by atoms with Crippen LogP contribution in [0, 0.1) is 5.92 Å². The molecule has 2 aliphatic heterocycles. The van der Waals surface area contributed by atoms with Crippen LogP contribution in [-0.4, -0.2) is 61.2 Å². The van der Waals surface area contributed by atoms with Gasteiger partial charge in [-0.2, -0.15) is 0 Å². The van der Waals surface area contributed by atoms with Gasteiger partial charge in [0.25, 0.3) is 5.91 Å². The smallest absolute Gasteiger partial charge is 0.328 e. The number of methoxy groups -OCH3 is 1. The zero-order valence-electron chi connectivity index (χ0n) is 16.1. The highest BCUT2D eigenvalue weighted by Crippen LogP contribution is 2.32. The van der Waals surface area contributed by atoms with Crippen molar-refractivity contribution in [2.45, 2.75) is 32.1 Å². The number of hydrogen-bond donors (Lipinski definition) is 2. The number of nitrogens with zero attached hydrogens (tertiary/aromatic N) is 2. The zero-order valence-corrected chi connectivity index (χ0v) is 16.1. The first-order chi connectivity index (χ1) is 13.5. The van der Waals surface area contributed by atoms with Crippen molar-refractivity contribution in [3.63, 3.8) is 0 Å². The highest BCUT2D eigenvalue weighted by molar-refractivity contribution is 6.07. The number of rotatable bonds is 6. The SMILES string of the molecule is COc1ccc(C(=O)N2CCC(CCCO)CC2)cc1N1CCC(=O)NC1=O. The molecule has 0 aliphatic carbocycles. The minimum Gasteiger partial charge on any atom is -0.495 e. The number of carbonyl (C=O) groups excluding carboxylic acids is 3.